The summed E-state index contributed by atoms with van der Waals surface area (Å²) in [5.41, 5.74) is 0.484. The van der Waals surface area contributed by atoms with E-state index in [1.807, 2.05) is 0 Å². The molecule has 2 N–H and O–H groups in total. The molecule has 1 spiro atoms. The summed E-state index contributed by atoms with van der Waals surface area (Å²) in [5.74, 6) is 0. The van der Waals surface area contributed by atoms with Crippen LogP contribution in [0.15, 0.2) is 0 Å². The molecule has 2 atom stereocenters. The highest BCUT2D eigenvalue weighted by Crippen LogP contribution is 2.42. The molecule has 1 saturated carbocycles. The molecule has 0 aromatic carbocycles. The van der Waals surface area contributed by atoms with E-state index in [2.05, 4.69) is 5.32 Å². The zero-order chi connectivity index (χ0) is 7.73. The lowest BCUT2D eigenvalue weighted by molar-refractivity contribution is 0.143. The molecular formula is C9H18ClNO. The summed E-state index contributed by atoms with van der Waals surface area (Å²) in [6.45, 7) is 2.32. The largest absolute Gasteiger partial charge is 0.393 e. The minimum atomic E-state index is -0.00472. The summed E-state index contributed by atoms with van der Waals surface area (Å²) in [7, 11) is 0. The third-order valence-corrected chi connectivity index (χ3v) is 3.24. The maximum Gasteiger partial charge on any atom is 0.0546 e. The van der Waals surface area contributed by atoms with Gasteiger partial charge in [0.25, 0.3) is 0 Å². The van der Waals surface area contributed by atoms with Gasteiger partial charge in [0.05, 0.1) is 6.10 Å². The first-order chi connectivity index (χ1) is 5.31. The predicted octanol–water partition coefficient (Wildman–Crippen LogP) is 1.32. The van der Waals surface area contributed by atoms with Gasteiger partial charge < -0.3 is 10.4 Å². The van der Waals surface area contributed by atoms with Crippen molar-refractivity contribution in [1.29, 1.82) is 0 Å². The van der Waals surface area contributed by atoms with E-state index in [4.69, 9.17) is 0 Å². The number of halogens is 1. The van der Waals surface area contributed by atoms with Gasteiger partial charge in [-0.15, -0.1) is 12.4 Å². The minimum absolute atomic E-state index is 0. The lowest BCUT2D eigenvalue weighted by Gasteiger charge is -2.33. The number of aliphatic hydroxyl groups excluding tert-OH is 1. The van der Waals surface area contributed by atoms with Gasteiger partial charge in [0.1, 0.15) is 0 Å². The molecule has 0 amide bonds. The van der Waals surface area contributed by atoms with Crippen LogP contribution in [0.1, 0.15) is 32.1 Å². The van der Waals surface area contributed by atoms with E-state index in [0.717, 1.165) is 19.4 Å². The smallest absolute Gasteiger partial charge is 0.0546 e. The lowest BCUT2D eigenvalue weighted by Crippen LogP contribution is -2.38. The van der Waals surface area contributed by atoms with Crippen molar-refractivity contribution in [1.82, 2.24) is 5.32 Å². The Morgan fingerprint density at radius 2 is 2.17 bits per heavy atom. The van der Waals surface area contributed by atoms with Gasteiger partial charge in [-0.1, -0.05) is 0 Å². The Labute approximate surface area is 80.1 Å². The van der Waals surface area contributed by atoms with Gasteiger partial charge in [-0.05, 0) is 44.1 Å². The van der Waals surface area contributed by atoms with Gasteiger partial charge in [-0.2, -0.15) is 0 Å². The molecule has 0 radical (unpaired) electrons. The quantitative estimate of drug-likeness (QED) is 0.606. The Hall–Kier alpha value is 0.210. The molecule has 1 aliphatic carbocycles. The van der Waals surface area contributed by atoms with E-state index in [-0.39, 0.29) is 18.5 Å². The van der Waals surface area contributed by atoms with Gasteiger partial charge in [-0.25, -0.2) is 0 Å². The molecule has 2 unspecified atom stereocenters. The number of aliphatic hydroxyl groups is 1. The second kappa shape index (κ2) is 3.95. The molecule has 12 heavy (non-hydrogen) atoms. The van der Waals surface area contributed by atoms with Crippen molar-refractivity contribution < 1.29 is 5.11 Å². The summed E-state index contributed by atoms with van der Waals surface area (Å²) >= 11 is 0. The minimum Gasteiger partial charge on any atom is -0.393 e. The van der Waals surface area contributed by atoms with Gasteiger partial charge in [0, 0.05) is 6.54 Å². The van der Waals surface area contributed by atoms with E-state index in [1.54, 1.807) is 0 Å². The molecule has 3 heteroatoms. The molecule has 1 saturated heterocycles. The maximum absolute atomic E-state index is 9.42. The van der Waals surface area contributed by atoms with Crippen molar-refractivity contribution in [2.45, 2.75) is 38.2 Å². The molecule has 1 heterocycles. The number of rotatable bonds is 0. The Morgan fingerprint density at radius 3 is 2.67 bits per heavy atom. The van der Waals surface area contributed by atoms with Crippen molar-refractivity contribution in [3.63, 3.8) is 0 Å². The van der Waals surface area contributed by atoms with Crippen molar-refractivity contribution in [3.8, 4) is 0 Å². The highest BCUT2D eigenvalue weighted by atomic mass is 35.5. The highest BCUT2D eigenvalue weighted by Gasteiger charge is 2.38. The van der Waals surface area contributed by atoms with Crippen LogP contribution in [0.5, 0.6) is 0 Å². The van der Waals surface area contributed by atoms with Crippen LogP contribution in [0.4, 0.5) is 0 Å². The van der Waals surface area contributed by atoms with Crippen LogP contribution in [-0.2, 0) is 0 Å². The van der Waals surface area contributed by atoms with Crippen LogP contribution < -0.4 is 5.32 Å². The zero-order valence-corrected chi connectivity index (χ0v) is 8.20. The SMILES string of the molecule is Cl.OC1CCC2(CCCNC2)C1. The number of hydrogen-bond acceptors (Lipinski definition) is 2. The summed E-state index contributed by atoms with van der Waals surface area (Å²) in [4.78, 5) is 0. The van der Waals surface area contributed by atoms with Crippen LogP contribution in [0.3, 0.4) is 0 Å². The summed E-state index contributed by atoms with van der Waals surface area (Å²) in [6.07, 6.45) is 5.93. The fourth-order valence-electron chi connectivity index (χ4n) is 2.59. The average molecular weight is 192 g/mol. The first-order valence-corrected chi connectivity index (χ1v) is 4.70. The second-order valence-electron chi connectivity index (χ2n) is 4.18. The molecule has 0 aromatic rings. The van der Waals surface area contributed by atoms with Crippen molar-refractivity contribution in [2.75, 3.05) is 13.1 Å². The Morgan fingerprint density at radius 1 is 1.33 bits per heavy atom. The van der Waals surface area contributed by atoms with Gasteiger partial charge in [0.2, 0.25) is 0 Å². The molecule has 2 fully saturated rings. The second-order valence-corrected chi connectivity index (χ2v) is 4.18. The third-order valence-electron chi connectivity index (χ3n) is 3.24. The van der Waals surface area contributed by atoms with E-state index in [0.29, 0.717) is 5.41 Å². The molecular weight excluding hydrogens is 174 g/mol. The molecule has 2 rings (SSSR count). The molecule has 72 valence electrons. The van der Waals surface area contributed by atoms with Crippen LogP contribution in [0.25, 0.3) is 0 Å². The molecule has 2 nitrogen and oxygen atoms in total. The van der Waals surface area contributed by atoms with Crippen LogP contribution >= 0.6 is 12.4 Å². The monoisotopic (exact) mass is 191 g/mol. The number of piperidine rings is 1. The van der Waals surface area contributed by atoms with Crippen LogP contribution in [-0.4, -0.2) is 24.3 Å². The fraction of sp³-hybridized carbons (Fsp3) is 1.00. The number of nitrogens with one attached hydrogen (secondary N) is 1. The molecule has 0 bridgehead atoms. The summed E-state index contributed by atoms with van der Waals surface area (Å²) in [6, 6.07) is 0. The van der Waals surface area contributed by atoms with E-state index in [9.17, 15) is 5.11 Å². The van der Waals surface area contributed by atoms with E-state index < -0.39 is 0 Å². The normalized spacial score (nSPS) is 41.2. The topological polar surface area (TPSA) is 32.3 Å². The predicted molar refractivity (Wildman–Crippen MR) is 51.6 cm³/mol. The highest BCUT2D eigenvalue weighted by molar-refractivity contribution is 5.85. The van der Waals surface area contributed by atoms with Crippen molar-refractivity contribution >= 4 is 12.4 Å². The van der Waals surface area contributed by atoms with Crippen molar-refractivity contribution in [3.05, 3.63) is 0 Å². The molecule has 1 aliphatic heterocycles. The summed E-state index contributed by atoms with van der Waals surface area (Å²) in [5, 5.41) is 12.8. The van der Waals surface area contributed by atoms with E-state index in [1.165, 1.54) is 25.8 Å². The Bertz CT molecular complexity index is 140. The Balaban J connectivity index is 0.000000720. The van der Waals surface area contributed by atoms with Crippen LogP contribution in [0, 0.1) is 5.41 Å². The fourth-order valence-corrected chi connectivity index (χ4v) is 2.59. The van der Waals surface area contributed by atoms with Gasteiger partial charge >= 0.3 is 0 Å². The zero-order valence-electron chi connectivity index (χ0n) is 7.38. The molecule has 2 aliphatic rings. The van der Waals surface area contributed by atoms with Gasteiger partial charge in [-0.3, -0.25) is 0 Å². The van der Waals surface area contributed by atoms with Gasteiger partial charge in [0.15, 0.2) is 0 Å². The lowest BCUT2D eigenvalue weighted by atomic mass is 9.79. The van der Waals surface area contributed by atoms with Crippen LogP contribution in [0.2, 0.25) is 0 Å². The maximum atomic E-state index is 9.42. The van der Waals surface area contributed by atoms with E-state index >= 15 is 0 Å². The summed E-state index contributed by atoms with van der Waals surface area (Å²) < 4.78 is 0. The first kappa shape index (κ1) is 10.3. The Kier molecular flexibility index (Phi) is 3.38. The van der Waals surface area contributed by atoms with Crippen molar-refractivity contribution in [2.24, 2.45) is 5.41 Å². The standard InChI is InChI=1S/C9H17NO.ClH/c11-8-2-4-9(6-8)3-1-5-10-7-9;/h8,10-11H,1-7H2;1H. The average Bonchev–Trinajstić information content (AvgIpc) is 2.34. The third kappa shape index (κ3) is 1.93. The number of hydrogen-bond donors (Lipinski definition) is 2. The first-order valence-electron chi connectivity index (χ1n) is 4.70. The molecule has 0 aromatic heterocycles.